The molecule has 3 heteroatoms. The van der Waals surface area contributed by atoms with Gasteiger partial charge in [0.25, 0.3) is 5.56 Å². The van der Waals surface area contributed by atoms with Gasteiger partial charge in [-0.2, -0.15) is 0 Å². The van der Waals surface area contributed by atoms with Gasteiger partial charge in [-0.15, -0.1) is 6.58 Å². The normalized spacial score (nSPS) is 12.3. The van der Waals surface area contributed by atoms with E-state index in [1.54, 1.807) is 16.8 Å². The largest absolute Gasteiger partial charge is 0.316 e. The van der Waals surface area contributed by atoms with E-state index in [1.807, 2.05) is 37.3 Å². The van der Waals surface area contributed by atoms with Gasteiger partial charge in [0.15, 0.2) is 0 Å². The maximum atomic E-state index is 11.8. The molecule has 0 radical (unpaired) electrons. The summed E-state index contributed by atoms with van der Waals surface area (Å²) in [6.45, 7) is 5.63. The van der Waals surface area contributed by atoms with E-state index in [0.29, 0.717) is 0 Å². The molecule has 1 N–H and O–H groups in total. The van der Waals surface area contributed by atoms with Crippen molar-refractivity contribution in [1.29, 1.82) is 0 Å². The Bertz CT molecular complexity index is 571. The zero-order chi connectivity index (χ0) is 11.5. The van der Waals surface area contributed by atoms with Crippen LogP contribution in [0.1, 0.15) is 6.92 Å². The zero-order valence-electron chi connectivity index (χ0n) is 9.18. The average molecular weight is 214 g/mol. The predicted molar refractivity (Wildman–Crippen MR) is 67.2 cm³/mol. The van der Waals surface area contributed by atoms with Gasteiger partial charge in [-0.05, 0) is 19.1 Å². The summed E-state index contributed by atoms with van der Waals surface area (Å²) < 4.78 is 1.56. The molecular weight excluding hydrogens is 200 g/mol. The molecule has 0 aliphatic carbocycles. The first kappa shape index (κ1) is 10.5. The van der Waals surface area contributed by atoms with Crippen LogP contribution in [0.2, 0.25) is 0 Å². The highest BCUT2D eigenvalue weighted by atomic mass is 16.1. The van der Waals surface area contributed by atoms with E-state index < -0.39 is 0 Å². The van der Waals surface area contributed by atoms with Gasteiger partial charge in [-0.25, -0.2) is 4.68 Å². The van der Waals surface area contributed by atoms with Crippen LogP contribution in [0.25, 0.3) is 10.9 Å². The third-order valence-corrected chi connectivity index (χ3v) is 2.49. The number of fused-ring (bicyclic) bond motifs is 1. The van der Waals surface area contributed by atoms with Crippen LogP contribution < -0.4 is 11.0 Å². The minimum Gasteiger partial charge on any atom is -0.316 e. The number of nitrogens with zero attached hydrogens (tertiary/aromatic N) is 1. The summed E-state index contributed by atoms with van der Waals surface area (Å²) >= 11 is 0. The van der Waals surface area contributed by atoms with E-state index in [0.717, 1.165) is 10.9 Å². The Morgan fingerprint density at radius 3 is 2.81 bits per heavy atom. The van der Waals surface area contributed by atoms with Gasteiger partial charge in [-0.3, -0.25) is 4.79 Å². The topological polar surface area (TPSA) is 34.0 Å². The number of pyridine rings is 1. The van der Waals surface area contributed by atoms with Gasteiger partial charge < -0.3 is 5.43 Å². The highest BCUT2D eigenvalue weighted by molar-refractivity contribution is 5.78. The maximum absolute atomic E-state index is 11.8. The van der Waals surface area contributed by atoms with Gasteiger partial charge in [0.1, 0.15) is 0 Å². The van der Waals surface area contributed by atoms with Crippen LogP contribution >= 0.6 is 0 Å². The molecule has 0 saturated carbocycles. The Morgan fingerprint density at radius 2 is 2.06 bits per heavy atom. The van der Waals surface area contributed by atoms with Crippen molar-refractivity contribution in [1.82, 2.24) is 4.68 Å². The molecule has 1 aromatic carbocycles. The van der Waals surface area contributed by atoms with Crippen LogP contribution in [0.15, 0.2) is 53.8 Å². The lowest BCUT2D eigenvalue weighted by atomic mass is 10.2. The highest BCUT2D eigenvalue weighted by Gasteiger charge is 2.03. The van der Waals surface area contributed by atoms with Crippen LogP contribution in [-0.2, 0) is 0 Å². The standard InChI is InChI=1S/C13H14N2O/c1-3-10(2)14-15-12-7-5-4-6-11(12)8-9-13(15)16/h3-10,14H,1H2,2H3/t10-/m1/s1. The van der Waals surface area contributed by atoms with Gasteiger partial charge in [0.05, 0.1) is 11.6 Å². The third-order valence-electron chi connectivity index (χ3n) is 2.49. The van der Waals surface area contributed by atoms with Crippen LogP contribution in [0.5, 0.6) is 0 Å². The van der Waals surface area contributed by atoms with Crippen molar-refractivity contribution < 1.29 is 0 Å². The third kappa shape index (κ3) is 1.84. The first-order valence-electron chi connectivity index (χ1n) is 5.22. The van der Waals surface area contributed by atoms with Crippen molar-refractivity contribution in [2.45, 2.75) is 13.0 Å². The molecule has 1 aromatic heterocycles. The van der Waals surface area contributed by atoms with Crippen LogP contribution in [-0.4, -0.2) is 10.7 Å². The number of nitrogens with one attached hydrogen (secondary N) is 1. The van der Waals surface area contributed by atoms with Crippen molar-refractivity contribution in [3.63, 3.8) is 0 Å². The summed E-state index contributed by atoms with van der Waals surface area (Å²) in [6, 6.07) is 11.2. The number of para-hydroxylation sites is 1. The molecule has 0 aliphatic rings. The minimum absolute atomic E-state index is 0.0449. The molecule has 0 fully saturated rings. The average Bonchev–Trinajstić information content (AvgIpc) is 2.32. The molecule has 1 atom stereocenters. The van der Waals surface area contributed by atoms with Gasteiger partial charge in [0, 0.05) is 11.5 Å². The molecular formula is C13H14N2O. The molecule has 0 unspecified atom stereocenters. The van der Waals surface area contributed by atoms with E-state index in [4.69, 9.17) is 0 Å². The summed E-state index contributed by atoms with van der Waals surface area (Å²) in [5.41, 5.74) is 3.90. The van der Waals surface area contributed by atoms with Crippen molar-refractivity contribution in [2.24, 2.45) is 0 Å². The molecule has 2 aromatic rings. The number of rotatable bonds is 3. The maximum Gasteiger partial charge on any atom is 0.269 e. The fourth-order valence-electron chi connectivity index (χ4n) is 1.58. The van der Waals surface area contributed by atoms with Gasteiger partial charge in [-0.1, -0.05) is 24.3 Å². The number of hydrogen-bond acceptors (Lipinski definition) is 2. The Balaban J connectivity index is 2.61. The summed E-state index contributed by atoms with van der Waals surface area (Å²) in [4.78, 5) is 11.8. The summed E-state index contributed by atoms with van der Waals surface area (Å²) in [5, 5.41) is 1.03. The molecule has 0 aliphatic heterocycles. The summed E-state index contributed by atoms with van der Waals surface area (Å²) in [7, 11) is 0. The first-order valence-corrected chi connectivity index (χ1v) is 5.22. The lowest BCUT2D eigenvalue weighted by Gasteiger charge is -2.15. The Hall–Kier alpha value is -2.03. The molecule has 2 rings (SSSR count). The van der Waals surface area contributed by atoms with Crippen molar-refractivity contribution >= 4 is 10.9 Å². The van der Waals surface area contributed by atoms with Crippen LogP contribution in [0.4, 0.5) is 0 Å². The highest BCUT2D eigenvalue weighted by Crippen LogP contribution is 2.09. The molecule has 0 saturated heterocycles. The minimum atomic E-state index is -0.0626. The second kappa shape index (κ2) is 4.23. The van der Waals surface area contributed by atoms with Crippen molar-refractivity contribution in [3.05, 3.63) is 59.4 Å². The molecule has 82 valence electrons. The van der Waals surface area contributed by atoms with Gasteiger partial charge in [0.2, 0.25) is 0 Å². The Kier molecular flexibility index (Phi) is 2.77. The van der Waals surface area contributed by atoms with E-state index in [-0.39, 0.29) is 11.6 Å². The van der Waals surface area contributed by atoms with E-state index in [1.165, 1.54) is 0 Å². The summed E-state index contributed by atoms with van der Waals surface area (Å²) in [5.74, 6) is 0. The van der Waals surface area contributed by atoms with Gasteiger partial charge >= 0.3 is 0 Å². The second-order valence-corrected chi connectivity index (χ2v) is 3.72. The van der Waals surface area contributed by atoms with Crippen LogP contribution in [0, 0.1) is 0 Å². The Labute approximate surface area is 94.0 Å². The zero-order valence-corrected chi connectivity index (χ0v) is 9.18. The molecule has 16 heavy (non-hydrogen) atoms. The quantitative estimate of drug-likeness (QED) is 0.794. The smallest absolute Gasteiger partial charge is 0.269 e. The molecule has 0 bridgehead atoms. The Morgan fingerprint density at radius 1 is 1.31 bits per heavy atom. The van der Waals surface area contributed by atoms with Crippen LogP contribution in [0.3, 0.4) is 0 Å². The van der Waals surface area contributed by atoms with Crippen molar-refractivity contribution in [3.8, 4) is 0 Å². The first-order chi connectivity index (χ1) is 7.72. The second-order valence-electron chi connectivity index (χ2n) is 3.72. The molecule has 0 amide bonds. The number of hydrogen-bond donors (Lipinski definition) is 1. The fourth-order valence-corrected chi connectivity index (χ4v) is 1.58. The van der Waals surface area contributed by atoms with E-state index in [9.17, 15) is 4.79 Å². The van der Waals surface area contributed by atoms with E-state index >= 15 is 0 Å². The predicted octanol–water partition coefficient (Wildman–Crippen LogP) is 2.12. The number of aromatic nitrogens is 1. The summed E-state index contributed by atoms with van der Waals surface area (Å²) in [6.07, 6.45) is 1.76. The lowest BCUT2D eigenvalue weighted by Crippen LogP contribution is -2.33. The van der Waals surface area contributed by atoms with E-state index in [2.05, 4.69) is 12.0 Å². The number of benzene rings is 1. The molecule has 3 nitrogen and oxygen atoms in total. The molecule has 0 spiro atoms. The molecule has 1 heterocycles. The monoisotopic (exact) mass is 214 g/mol. The fraction of sp³-hybridized carbons (Fsp3) is 0.154. The lowest BCUT2D eigenvalue weighted by molar-refractivity contribution is 0.782. The SMILES string of the molecule is C=C[C@@H](C)Nn1c(=O)ccc2ccccc21. The van der Waals surface area contributed by atoms with Crippen molar-refractivity contribution in [2.75, 3.05) is 5.43 Å².